The molecule has 8 heteroatoms. The highest BCUT2D eigenvalue weighted by Crippen LogP contribution is 2.24. The van der Waals surface area contributed by atoms with Crippen LogP contribution in [0.2, 0.25) is 10.0 Å². The second-order valence-corrected chi connectivity index (χ2v) is 5.59. The van der Waals surface area contributed by atoms with Crippen molar-refractivity contribution in [1.82, 2.24) is 5.32 Å². The second-order valence-electron chi connectivity index (χ2n) is 4.78. The molecule has 0 radical (unpaired) electrons. The molecule has 0 bridgehead atoms. The lowest BCUT2D eigenvalue weighted by molar-refractivity contribution is -0.123. The molecular formula is C17H13Cl2NO5. The number of benzene rings is 2. The van der Waals surface area contributed by atoms with Gasteiger partial charge in [-0.25, -0.2) is 4.79 Å². The first kappa shape index (κ1) is 18.8. The Labute approximate surface area is 153 Å². The van der Waals surface area contributed by atoms with E-state index in [1.165, 1.54) is 31.4 Å². The van der Waals surface area contributed by atoms with Gasteiger partial charge in [0.05, 0.1) is 22.7 Å². The van der Waals surface area contributed by atoms with Crippen molar-refractivity contribution < 1.29 is 23.9 Å². The van der Waals surface area contributed by atoms with Crippen molar-refractivity contribution in [3.05, 3.63) is 63.6 Å². The summed E-state index contributed by atoms with van der Waals surface area (Å²) in [4.78, 5) is 35.6. The van der Waals surface area contributed by atoms with Crippen molar-refractivity contribution >= 4 is 41.0 Å². The monoisotopic (exact) mass is 381 g/mol. The molecule has 0 spiro atoms. The van der Waals surface area contributed by atoms with Gasteiger partial charge >= 0.3 is 5.97 Å². The van der Waals surface area contributed by atoms with E-state index in [9.17, 15) is 14.4 Å². The van der Waals surface area contributed by atoms with Crippen LogP contribution in [0.3, 0.4) is 0 Å². The van der Waals surface area contributed by atoms with Crippen molar-refractivity contribution in [3.8, 4) is 5.75 Å². The van der Waals surface area contributed by atoms with E-state index in [2.05, 4.69) is 5.32 Å². The van der Waals surface area contributed by atoms with Gasteiger partial charge in [0.25, 0.3) is 11.8 Å². The Hall–Kier alpha value is -2.57. The third-order valence-corrected chi connectivity index (χ3v) is 3.74. The van der Waals surface area contributed by atoms with E-state index in [1.54, 1.807) is 18.2 Å². The van der Waals surface area contributed by atoms with Crippen LogP contribution in [-0.4, -0.2) is 31.5 Å². The lowest BCUT2D eigenvalue weighted by Gasteiger charge is -2.08. The zero-order valence-corrected chi connectivity index (χ0v) is 14.6. The van der Waals surface area contributed by atoms with Crippen LogP contribution < -0.4 is 10.1 Å². The molecule has 0 aliphatic rings. The van der Waals surface area contributed by atoms with Gasteiger partial charge in [-0.1, -0.05) is 29.3 Å². The summed E-state index contributed by atoms with van der Waals surface area (Å²) in [6, 6.07) is 10.7. The van der Waals surface area contributed by atoms with Crippen LogP contribution in [0.4, 0.5) is 0 Å². The summed E-state index contributed by atoms with van der Waals surface area (Å²) in [5.41, 5.74) is 0.217. The lowest BCUT2D eigenvalue weighted by atomic mass is 10.2. The maximum Gasteiger partial charge on any atom is 0.341 e. The minimum atomic E-state index is -0.859. The van der Waals surface area contributed by atoms with E-state index >= 15 is 0 Å². The zero-order valence-electron chi connectivity index (χ0n) is 13.0. The van der Waals surface area contributed by atoms with Crippen LogP contribution in [0.25, 0.3) is 0 Å². The predicted molar refractivity (Wildman–Crippen MR) is 92.2 cm³/mol. The third kappa shape index (κ3) is 4.95. The van der Waals surface area contributed by atoms with Crippen LogP contribution in [0.5, 0.6) is 5.75 Å². The number of halogens is 2. The zero-order chi connectivity index (χ0) is 18.4. The van der Waals surface area contributed by atoms with Crippen molar-refractivity contribution in [2.75, 3.05) is 13.7 Å². The Kier molecular flexibility index (Phi) is 6.38. The molecule has 2 aromatic rings. The van der Waals surface area contributed by atoms with Crippen molar-refractivity contribution in [3.63, 3.8) is 0 Å². The highest BCUT2D eigenvalue weighted by molar-refractivity contribution is 6.39. The minimum Gasteiger partial charge on any atom is -0.497 e. The highest BCUT2D eigenvalue weighted by atomic mass is 35.5. The van der Waals surface area contributed by atoms with E-state index in [0.717, 1.165) is 0 Å². The Morgan fingerprint density at radius 3 is 2.16 bits per heavy atom. The van der Waals surface area contributed by atoms with Gasteiger partial charge in [0.1, 0.15) is 5.75 Å². The Balaban J connectivity index is 1.91. The lowest BCUT2D eigenvalue weighted by Crippen LogP contribution is -2.34. The van der Waals surface area contributed by atoms with Gasteiger partial charge in [0.2, 0.25) is 0 Å². The number of ether oxygens (including phenoxy) is 2. The molecule has 130 valence electrons. The first-order chi connectivity index (χ1) is 11.9. The summed E-state index contributed by atoms with van der Waals surface area (Å²) in [5, 5.41) is 2.32. The number of esters is 1. The van der Waals surface area contributed by atoms with E-state index in [-0.39, 0.29) is 21.2 Å². The first-order valence-electron chi connectivity index (χ1n) is 7.01. The summed E-state index contributed by atoms with van der Waals surface area (Å²) in [5.74, 6) is -1.69. The number of methoxy groups -OCH3 is 1. The van der Waals surface area contributed by atoms with Crippen LogP contribution >= 0.6 is 23.2 Å². The molecule has 0 heterocycles. The maximum atomic E-state index is 11.9. The number of imide groups is 1. The van der Waals surface area contributed by atoms with Crippen LogP contribution in [0, 0.1) is 0 Å². The molecule has 2 amide bonds. The second kappa shape index (κ2) is 8.50. The summed E-state index contributed by atoms with van der Waals surface area (Å²) in [6.45, 7) is -0.651. The van der Waals surface area contributed by atoms with Gasteiger partial charge < -0.3 is 9.47 Å². The fraction of sp³-hybridized carbons (Fsp3) is 0.118. The number of carbonyl (C=O) groups is 3. The molecule has 0 saturated carbocycles. The van der Waals surface area contributed by atoms with E-state index in [4.69, 9.17) is 32.7 Å². The van der Waals surface area contributed by atoms with Crippen LogP contribution in [0.1, 0.15) is 20.7 Å². The van der Waals surface area contributed by atoms with Gasteiger partial charge in [-0.2, -0.15) is 0 Å². The summed E-state index contributed by atoms with van der Waals surface area (Å²) in [6.07, 6.45) is 0. The van der Waals surface area contributed by atoms with Crippen molar-refractivity contribution in [2.45, 2.75) is 0 Å². The maximum absolute atomic E-state index is 11.9. The topological polar surface area (TPSA) is 81.7 Å². The average Bonchev–Trinajstić information content (AvgIpc) is 2.60. The smallest absolute Gasteiger partial charge is 0.341 e. The molecule has 6 nitrogen and oxygen atoms in total. The number of amides is 2. The summed E-state index contributed by atoms with van der Waals surface area (Å²) >= 11 is 11.8. The molecule has 0 aromatic heterocycles. The molecule has 2 rings (SSSR count). The molecule has 0 fully saturated rings. The van der Waals surface area contributed by atoms with Gasteiger partial charge in [-0.15, -0.1) is 0 Å². The quantitative estimate of drug-likeness (QED) is 0.804. The van der Waals surface area contributed by atoms with E-state index in [0.29, 0.717) is 5.75 Å². The molecule has 0 aliphatic heterocycles. The standard InChI is InChI=1S/C17H13Cl2NO5/c1-24-11-7-5-10(6-8-11)16(22)20-14(21)9-25-17(23)15-12(18)3-2-4-13(15)19/h2-8H,9H2,1H3,(H,20,21,22). The van der Waals surface area contributed by atoms with Crippen LogP contribution in [-0.2, 0) is 9.53 Å². The summed E-state index contributed by atoms with van der Waals surface area (Å²) in [7, 11) is 1.50. The third-order valence-electron chi connectivity index (χ3n) is 3.11. The highest BCUT2D eigenvalue weighted by Gasteiger charge is 2.18. The van der Waals surface area contributed by atoms with Gasteiger partial charge in [0, 0.05) is 5.56 Å². The number of nitrogens with one attached hydrogen (secondary N) is 1. The Morgan fingerprint density at radius 1 is 1.00 bits per heavy atom. The normalized spacial score (nSPS) is 10.0. The van der Waals surface area contributed by atoms with E-state index in [1.807, 2.05) is 0 Å². The summed E-state index contributed by atoms with van der Waals surface area (Å²) < 4.78 is 9.81. The molecule has 0 saturated heterocycles. The first-order valence-corrected chi connectivity index (χ1v) is 7.77. The molecular weight excluding hydrogens is 369 g/mol. The largest absolute Gasteiger partial charge is 0.497 e. The van der Waals surface area contributed by atoms with Gasteiger partial charge in [-0.3, -0.25) is 14.9 Å². The average molecular weight is 382 g/mol. The minimum absolute atomic E-state index is 0.0416. The SMILES string of the molecule is COc1ccc(C(=O)NC(=O)COC(=O)c2c(Cl)cccc2Cl)cc1. The Bertz CT molecular complexity index is 785. The fourth-order valence-electron chi connectivity index (χ4n) is 1.87. The van der Waals surface area contributed by atoms with E-state index < -0.39 is 24.4 Å². The fourth-order valence-corrected chi connectivity index (χ4v) is 2.43. The van der Waals surface area contributed by atoms with Gasteiger partial charge in [-0.05, 0) is 36.4 Å². The van der Waals surface area contributed by atoms with Crippen molar-refractivity contribution in [2.24, 2.45) is 0 Å². The molecule has 1 N–H and O–H groups in total. The predicted octanol–water partition coefficient (Wildman–Crippen LogP) is 3.12. The molecule has 2 aromatic carbocycles. The van der Waals surface area contributed by atoms with Crippen molar-refractivity contribution in [1.29, 1.82) is 0 Å². The molecule has 0 aliphatic carbocycles. The molecule has 0 unspecified atom stereocenters. The van der Waals surface area contributed by atoms with Crippen LogP contribution in [0.15, 0.2) is 42.5 Å². The number of rotatable bonds is 5. The van der Waals surface area contributed by atoms with Gasteiger partial charge in [0.15, 0.2) is 6.61 Å². The number of hydrogen-bond donors (Lipinski definition) is 1. The number of hydrogen-bond acceptors (Lipinski definition) is 5. The molecule has 0 atom stereocenters. The number of carbonyl (C=O) groups excluding carboxylic acids is 3. The Morgan fingerprint density at radius 2 is 1.60 bits per heavy atom. The molecule has 25 heavy (non-hydrogen) atoms.